The first-order valence-corrected chi connectivity index (χ1v) is 9.27. The molecule has 0 saturated carbocycles. The number of ether oxygens (including phenoxy) is 1. The van der Waals surface area contributed by atoms with E-state index in [1.807, 2.05) is 17.5 Å². The van der Waals surface area contributed by atoms with E-state index in [4.69, 9.17) is 4.74 Å². The van der Waals surface area contributed by atoms with Crippen LogP contribution >= 0.6 is 0 Å². The molecule has 9 heteroatoms. The second-order valence-electron chi connectivity index (χ2n) is 6.89. The largest absolute Gasteiger partial charge is 0.493 e. The number of nitrogens with one attached hydrogen (secondary N) is 1. The number of ketones is 1. The molecule has 0 radical (unpaired) electrons. The molecular formula is C20H19F3N4O2. The van der Waals surface area contributed by atoms with Gasteiger partial charge in [-0.05, 0) is 19.1 Å². The third-order valence-electron chi connectivity index (χ3n) is 4.83. The number of Topliss-reactive ketones (excluding diaryl/α,β-unsaturated/α-hetero) is 1. The minimum absolute atomic E-state index is 0.127. The molecule has 3 aromatic rings. The molecule has 6 nitrogen and oxygen atoms in total. The van der Waals surface area contributed by atoms with Gasteiger partial charge in [0.2, 0.25) is 0 Å². The lowest BCUT2D eigenvalue weighted by molar-refractivity contribution is -0.141. The SMILES string of the molecule is CCOc1cc2nc(C3CNC3)cn2cc1CC(=O)c1cccc(C(F)(F)F)n1. The highest BCUT2D eigenvalue weighted by atomic mass is 19.4. The molecule has 0 atom stereocenters. The topological polar surface area (TPSA) is 68.5 Å². The second kappa shape index (κ2) is 7.47. The van der Waals surface area contributed by atoms with Gasteiger partial charge in [-0.2, -0.15) is 13.2 Å². The monoisotopic (exact) mass is 404 g/mol. The van der Waals surface area contributed by atoms with Crippen molar-refractivity contribution in [2.45, 2.75) is 25.4 Å². The average molecular weight is 404 g/mol. The number of hydrogen-bond donors (Lipinski definition) is 1. The molecule has 0 aromatic carbocycles. The Kier molecular flexibility index (Phi) is 4.99. The Balaban J connectivity index is 1.65. The molecule has 29 heavy (non-hydrogen) atoms. The van der Waals surface area contributed by atoms with Gasteiger partial charge >= 0.3 is 6.18 Å². The third kappa shape index (κ3) is 3.95. The normalized spacial score (nSPS) is 14.8. The van der Waals surface area contributed by atoms with E-state index in [0.717, 1.165) is 24.8 Å². The van der Waals surface area contributed by atoms with Crippen LogP contribution in [0.25, 0.3) is 5.65 Å². The Hall–Kier alpha value is -2.94. The number of halogens is 3. The zero-order valence-corrected chi connectivity index (χ0v) is 15.7. The van der Waals surface area contributed by atoms with Crippen molar-refractivity contribution in [2.24, 2.45) is 0 Å². The van der Waals surface area contributed by atoms with Crippen molar-refractivity contribution in [3.8, 4) is 5.75 Å². The van der Waals surface area contributed by atoms with Crippen molar-refractivity contribution in [3.63, 3.8) is 0 Å². The van der Waals surface area contributed by atoms with Gasteiger partial charge in [0.1, 0.15) is 22.8 Å². The van der Waals surface area contributed by atoms with Gasteiger partial charge in [0.25, 0.3) is 0 Å². The van der Waals surface area contributed by atoms with Crippen LogP contribution in [-0.4, -0.2) is 39.8 Å². The molecule has 0 spiro atoms. The van der Waals surface area contributed by atoms with E-state index in [2.05, 4.69) is 15.3 Å². The van der Waals surface area contributed by atoms with Crippen LogP contribution in [0.4, 0.5) is 13.2 Å². The zero-order valence-electron chi connectivity index (χ0n) is 15.7. The highest BCUT2D eigenvalue weighted by Crippen LogP contribution is 2.28. The molecule has 0 unspecified atom stereocenters. The van der Waals surface area contributed by atoms with Crippen molar-refractivity contribution >= 4 is 11.4 Å². The minimum atomic E-state index is -4.60. The predicted octanol–water partition coefficient (Wildman–Crippen LogP) is 3.26. The third-order valence-corrected chi connectivity index (χ3v) is 4.83. The molecule has 0 bridgehead atoms. The summed E-state index contributed by atoms with van der Waals surface area (Å²) < 4.78 is 46.1. The molecule has 4 rings (SSSR count). The number of pyridine rings is 2. The molecule has 1 fully saturated rings. The van der Waals surface area contributed by atoms with E-state index in [1.165, 1.54) is 12.1 Å². The molecule has 4 heterocycles. The highest BCUT2D eigenvalue weighted by molar-refractivity contribution is 5.96. The summed E-state index contributed by atoms with van der Waals surface area (Å²) in [5.74, 6) is 0.328. The summed E-state index contributed by atoms with van der Waals surface area (Å²) in [5, 5.41) is 3.20. The quantitative estimate of drug-likeness (QED) is 0.639. The number of rotatable bonds is 6. The summed E-state index contributed by atoms with van der Waals surface area (Å²) in [6.45, 7) is 3.95. The second-order valence-corrected chi connectivity index (χ2v) is 6.89. The summed E-state index contributed by atoms with van der Waals surface area (Å²) >= 11 is 0. The molecule has 3 aromatic heterocycles. The van der Waals surface area contributed by atoms with Gasteiger partial charge < -0.3 is 14.5 Å². The van der Waals surface area contributed by atoms with Gasteiger partial charge in [-0.3, -0.25) is 4.79 Å². The first-order chi connectivity index (χ1) is 13.8. The maximum Gasteiger partial charge on any atom is 0.433 e. The standard InChI is InChI=1S/C20H19F3N4O2/c1-2-29-17-7-19-26-15(13-8-24-9-13)11-27(19)10-12(17)6-16(28)14-4-3-5-18(25-14)20(21,22)23/h3-5,7,10-11,13,24H,2,6,8-9H2,1H3. The van der Waals surface area contributed by atoms with Crippen LogP contribution < -0.4 is 10.1 Å². The van der Waals surface area contributed by atoms with Crippen LogP contribution in [0.3, 0.4) is 0 Å². The van der Waals surface area contributed by atoms with Gasteiger partial charge in [0.05, 0.1) is 12.3 Å². The smallest absolute Gasteiger partial charge is 0.433 e. The molecule has 1 saturated heterocycles. The molecule has 1 N–H and O–H groups in total. The van der Waals surface area contributed by atoms with Crippen LogP contribution in [0.1, 0.15) is 40.3 Å². The number of hydrogen-bond acceptors (Lipinski definition) is 5. The van der Waals surface area contributed by atoms with Crippen molar-refractivity contribution in [1.82, 2.24) is 19.7 Å². The number of imidazole rings is 1. The Morgan fingerprint density at radius 3 is 2.72 bits per heavy atom. The van der Waals surface area contributed by atoms with Crippen molar-refractivity contribution in [2.75, 3.05) is 19.7 Å². The van der Waals surface area contributed by atoms with Gasteiger partial charge in [-0.15, -0.1) is 0 Å². The van der Waals surface area contributed by atoms with Gasteiger partial charge in [-0.1, -0.05) is 6.07 Å². The number of fused-ring (bicyclic) bond motifs is 1. The molecule has 1 aliphatic heterocycles. The fourth-order valence-electron chi connectivity index (χ4n) is 3.21. The molecule has 0 amide bonds. The van der Waals surface area contributed by atoms with E-state index in [0.29, 0.717) is 29.5 Å². The molecular weight excluding hydrogens is 385 g/mol. The molecule has 0 aliphatic carbocycles. The number of carbonyl (C=O) groups excluding carboxylic acids is 1. The van der Waals surface area contributed by atoms with E-state index < -0.39 is 17.7 Å². The Labute approximate surface area is 164 Å². The lowest BCUT2D eigenvalue weighted by atomic mass is 10.0. The number of carbonyl (C=O) groups is 1. The number of aromatic nitrogens is 3. The maximum absolute atomic E-state index is 12.9. The fourth-order valence-corrected chi connectivity index (χ4v) is 3.21. The van der Waals surface area contributed by atoms with E-state index in [1.54, 1.807) is 12.3 Å². The zero-order chi connectivity index (χ0) is 20.6. The summed E-state index contributed by atoms with van der Waals surface area (Å²) in [6.07, 6.45) is -1.07. The van der Waals surface area contributed by atoms with Crippen LogP contribution in [0, 0.1) is 0 Å². The highest BCUT2D eigenvalue weighted by Gasteiger charge is 2.33. The molecule has 152 valence electrons. The summed E-state index contributed by atoms with van der Waals surface area (Å²) in [4.78, 5) is 20.7. The maximum atomic E-state index is 12.9. The average Bonchev–Trinajstić information content (AvgIpc) is 3.02. The summed E-state index contributed by atoms with van der Waals surface area (Å²) in [5.41, 5.74) is 0.906. The van der Waals surface area contributed by atoms with Crippen molar-refractivity contribution in [1.29, 1.82) is 0 Å². The fraction of sp³-hybridized carbons (Fsp3) is 0.350. The predicted molar refractivity (Wildman–Crippen MR) is 99.2 cm³/mol. The Morgan fingerprint density at radius 1 is 1.28 bits per heavy atom. The minimum Gasteiger partial charge on any atom is -0.493 e. The van der Waals surface area contributed by atoms with Crippen LogP contribution in [0.15, 0.2) is 36.7 Å². The van der Waals surface area contributed by atoms with Gasteiger partial charge in [-0.25, -0.2) is 9.97 Å². The lowest BCUT2D eigenvalue weighted by Gasteiger charge is -2.24. The van der Waals surface area contributed by atoms with Crippen molar-refractivity contribution in [3.05, 3.63) is 59.3 Å². The van der Waals surface area contributed by atoms with E-state index in [-0.39, 0.29) is 12.1 Å². The van der Waals surface area contributed by atoms with Crippen LogP contribution in [0.5, 0.6) is 5.75 Å². The van der Waals surface area contributed by atoms with Gasteiger partial charge in [0, 0.05) is 49.5 Å². The summed E-state index contributed by atoms with van der Waals surface area (Å²) in [6, 6.07) is 5.07. The van der Waals surface area contributed by atoms with Crippen LogP contribution in [0.2, 0.25) is 0 Å². The Morgan fingerprint density at radius 2 is 2.07 bits per heavy atom. The van der Waals surface area contributed by atoms with Crippen LogP contribution in [-0.2, 0) is 12.6 Å². The number of alkyl halides is 3. The molecule has 1 aliphatic rings. The first kappa shape index (κ1) is 19.4. The van der Waals surface area contributed by atoms with Crippen molar-refractivity contribution < 1.29 is 22.7 Å². The van der Waals surface area contributed by atoms with Gasteiger partial charge in [0.15, 0.2) is 5.78 Å². The number of nitrogens with zero attached hydrogens (tertiary/aromatic N) is 3. The summed E-state index contributed by atoms with van der Waals surface area (Å²) in [7, 11) is 0. The van der Waals surface area contributed by atoms with E-state index in [9.17, 15) is 18.0 Å². The van der Waals surface area contributed by atoms with E-state index >= 15 is 0 Å². The first-order valence-electron chi connectivity index (χ1n) is 9.27. The lowest BCUT2D eigenvalue weighted by Crippen LogP contribution is -2.40. The Bertz CT molecular complexity index is 1060.